The molecule has 0 N–H and O–H groups in total. The Bertz CT molecular complexity index is 525. The lowest BCUT2D eigenvalue weighted by molar-refractivity contribution is -0.139. The molecule has 17 heavy (non-hydrogen) atoms. The number of carbonyl (C=O) groups is 1. The summed E-state index contributed by atoms with van der Waals surface area (Å²) in [4.78, 5) is 15.4. The van der Waals surface area contributed by atoms with Gasteiger partial charge in [0.2, 0.25) is 0 Å². The molecule has 1 aromatic carbocycles. The van der Waals surface area contributed by atoms with E-state index in [-0.39, 0.29) is 6.61 Å². The summed E-state index contributed by atoms with van der Waals surface area (Å²) in [5.41, 5.74) is 0. The number of hydrogen-bond donors (Lipinski definition) is 0. The summed E-state index contributed by atoms with van der Waals surface area (Å²) in [5.74, 6) is 0.116. The van der Waals surface area contributed by atoms with Gasteiger partial charge in [0, 0.05) is 24.4 Å². The highest BCUT2D eigenvalue weighted by Gasteiger charge is 2.05. The Morgan fingerprint density at radius 3 is 3.00 bits per heavy atom. The molecule has 0 aliphatic rings. The number of ether oxygens (including phenoxy) is 2. The van der Waals surface area contributed by atoms with E-state index in [0.29, 0.717) is 12.4 Å². The highest BCUT2D eigenvalue weighted by atomic mass is 16.6. The molecule has 2 aromatic rings. The van der Waals surface area contributed by atoms with Crippen LogP contribution in [0.25, 0.3) is 10.8 Å². The number of fused-ring (bicyclic) bond motifs is 1. The second-order valence-corrected chi connectivity index (χ2v) is 3.50. The Morgan fingerprint density at radius 1 is 1.29 bits per heavy atom. The van der Waals surface area contributed by atoms with Crippen LogP contribution < -0.4 is 4.74 Å². The number of aromatic nitrogens is 1. The smallest absolute Gasteiger partial charge is 0.337 e. The summed E-state index contributed by atoms with van der Waals surface area (Å²) < 4.78 is 10.1. The van der Waals surface area contributed by atoms with Crippen LogP contribution in [0.5, 0.6) is 5.75 Å². The predicted octanol–water partition coefficient (Wildman–Crippen LogP) is 2.18. The fourth-order valence-electron chi connectivity index (χ4n) is 1.47. The van der Waals surface area contributed by atoms with Gasteiger partial charge in [0.15, 0.2) is 0 Å². The lowest BCUT2D eigenvalue weighted by Crippen LogP contribution is -2.15. The average Bonchev–Trinajstić information content (AvgIpc) is 2.36. The highest BCUT2D eigenvalue weighted by Crippen LogP contribution is 2.19. The van der Waals surface area contributed by atoms with Crippen LogP contribution in [0, 0.1) is 0 Å². The van der Waals surface area contributed by atoms with E-state index in [1.165, 1.54) is 0 Å². The first-order chi connectivity index (χ1) is 8.29. The van der Waals surface area contributed by atoms with Gasteiger partial charge < -0.3 is 9.47 Å². The molecule has 0 amide bonds. The first kappa shape index (κ1) is 11.5. The summed E-state index contributed by atoms with van der Waals surface area (Å²) >= 11 is 0. The molecule has 4 nitrogen and oxygen atoms in total. The van der Waals surface area contributed by atoms with Crippen molar-refractivity contribution in [2.24, 2.45) is 0 Å². The van der Waals surface area contributed by atoms with Gasteiger partial charge in [0.1, 0.15) is 12.4 Å². The van der Waals surface area contributed by atoms with Crippen LogP contribution in [0.2, 0.25) is 0 Å². The van der Waals surface area contributed by atoms with Crippen molar-refractivity contribution < 1.29 is 14.3 Å². The monoisotopic (exact) mass is 231 g/mol. The minimum absolute atomic E-state index is 0.0262. The molecular formula is C13H13NO3. The van der Waals surface area contributed by atoms with Crippen LogP contribution in [0.15, 0.2) is 36.7 Å². The summed E-state index contributed by atoms with van der Waals surface area (Å²) in [6.07, 6.45) is 3.46. The van der Waals surface area contributed by atoms with Gasteiger partial charge in [-0.3, -0.25) is 4.98 Å². The number of carbonyl (C=O) groups excluding carboxylic acids is 1. The quantitative estimate of drug-likeness (QED) is 0.597. The molecule has 0 aliphatic heterocycles. The number of benzene rings is 1. The Hall–Kier alpha value is -1.94. The van der Waals surface area contributed by atoms with E-state index < -0.39 is 5.97 Å². The van der Waals surface area contributed by atoms with Crippen LogP contribution in [-0.2, 0) is 9.53 Å². The molecule has 0 unspecified atom stereocenters. The molecule has 0 aliphatic carbocycles. The predicted molar refractivity (Wildman–Crippen MR) is 63.9 cm³/mol. The third-order valence-electron chi connectivity index (χ3n) is 2.27. The molecule has 88 valence electrons. The third kappa shape index (κ3) is 3.01. The first-order valence-electron chi connectivity index (χ1n) is 5.42. The van der Waals surface area contributed by atoms with Crippen molar-refractivity contribution in [3.63, 3.8) is 0 Å². The van der Waals surface area contributed by atoms with E-state index in [9.17, 15) is 4.79 Å². The topological polar surface area (TPSA) is 48.4 Å². The largest absolute Gasteiger partial charge is 0.425 e. The van der Waals surface area contributed by atoms with Crippen molar-refractivity contribution in [1.82, 2.24) is 4.98 Å². The van der Waals surface area contributed by atoms with Gasteiger partial charge in [-0.2, -0.15) is 0 Å². The van der Waals surface area contributed by atoms with E-state index in [2.05, 4.69) is 4.98 Å². The van der Waals surface area contributed by atoms with Gasteiger partial charge in [-0.25, -0.2) is 4.79 Å². The molecule has 0 radical (unpaired) electrons. The zero-order chi connectivity index (χ0) is 12.1. The van der Waals surface area contributed by atoms with Gasteiger partial charge in [-0.05, 0) is 30.5 Å². The SMILES string of the molecule is CCOCC(=O)Oc1ccc2ccncc2c1. The summed E-state index contributed by atoms with van der Waals surface area (Å²) in [6.45, 7) is 2.30. The maximum atomic E-state index is 11.3. The summed E-state index contributed by atoms with van der Waals surface area (Å²) in [6, 6.07) is 7.33. The van der Waals surface area contributed by atoms with E-state index >= 15 is 0 Å². The van der Waals surface area contributed by atoms with E-state index in [1.54, 1.807) is 24.5 Å². The summed E-state index contributed by atoms with van der Waals surface area (Å²) in [7, 11) is 0. The minimum Gasteiger partial charge on any atom is -0.425 e. The number of nitrogens with zero attached hydrogens (tertiary/aromatic N) is 1. The van der Waals surface area contributed by atoms with Crippen molar-refractivity contribution in [3.8, 4) is 5.75 Å². The molecule has 4 heteroatoms. The van der Waals surface area contributed by atoms with Crippen molar-refractivity contribution >= 4 is 16.7 Å². The van der Waals surface area contributed by atoms with E-state index in [1.807, 2.05) is 19.1 Å². The Kier molecular flexibility index (Phi) is 3.67. The van der Waals surface area contributed by atoms with Gasteiger partial charge >= 0.3 is 5.97 Å². The van der Waals surface area contributed by atoms with Crippen LogP contribution in [0.3, 0.4) is 0 Å². The van der Waals surface area contributed by atoms with Crippen LogP contribution in [-0.4, -0.2) is 24.2 Å². The average molecular weight is 231 g/mol. The maximum Gasteiger partial charge on any atom is 0.337 e. The first-order valence-corrected chi connectivity index (χ1v) is 5.42. The van der Waals surface area contributed by atoms with Crippen LogP contribution >= 0.6 is 0 Å². The zero-order valence-corrected chi connectivity index (χ0v) is 9.55. The zero-order valence-electron chi connectivity index (χ0n) is 9.55. The van der Waals surface area contributed by atoms with Crippen molar-refractivity contribution in [3.05, 3.63) is 36.7 Å². The standard InChI is InChI=1S/C13H13NO3/c1-2-16-9-13(15)17-12-4-3-10-5-6-14-8-11(10)7-12/h3-8H,2,9H2,1H3. The molecule has 1 aromatic heterocycles. The number of rotatable bonds is 4. The Balaban J connectivity index is 2.11. The Morgan fingerprint density at radius 2 is 2.18 bits per heavy atom. The molecular weight excluding hydrogens is 218 g/mol. The van der Waals surface area contributed by atoms with E-state index in [0.717, 1.165) is 10.8 Å². The molecule has 0 saturated carbocycles. The molecule has 0 bridgehead atoms. The molecule has 2 rings (SSSR count). The van der Waals surface area contributed by atoms with Gasteiger partial charge in [0.25, 0.3) is 0 Å². The van der Waals surface area contributed by atoms with Crippen LogP contribution in [0.1, 0.15) is 6.92 Å². The molecule has 0 spiro atoms. The summed E-state index contributed by atoms with van der Waals surface area (Å²) in [5, 5.41) is 2.00. The molecule has 1 heterocycles. The lowest BCUT2D eigenvalue weighted by Gasteiger charge is -2.05. The van der Waals surface area contributed by atoms with Crippen LogP contribution in [0.4, 0.5) is 0 Å². The second-order valence-electron chi connectivity index (χ2n) is 3.50. The normalized spacial score (nSPS) is 10.4. The highest BCUT2D eigenvalue weighted by molar-refractivity contribution is 5.84. The van der Waals surface area contributed by atoms with Crippen molar-refractivity contribution in [2.45, 2.75) is 6.92 Å². The maximum absolute atomic E-state index is 11.3. The third-order valence-corrected chi connectivity index (χ3v) is 2.27. The van der Waals surface area contributed by atoms with Crippen molar-refractivity contribution in [1.29, 1.82) is 0 Å². The van der Waals surface area contributed by atoms with Gasteiger partial charge in [0.05, 0.1) is 0 Å². The lowest BCUT2D eigenvalue weighted by atomic mass is 10.2. The van der Waals surface area contributed by atoms with Gasteiger partial charge in [-0.1, -0.05) is 6.07 Å². The molecule has 0 saturated heterocycles. The number of esters is 1. The number of hydrogen-bond acceptors (Lipinski definition) is 4. The molecule has 0 atom stereocenters. The van der Waals surface area contributed by atoms with E-state index in [4.69, 9.17) is 9.47 Å². The van der Waals surface area contributed by atoms with Gasteiger partial charge in [-0.15, -0.1) is 0 Å². The second kappa shape index (κ2) is 5.41. The fraction of sp³-hybridized carbons (Fsp3) is 0.231. The van der Waals surface area contributed by atoms with Crippen molar-refractivity contribution in [2.75, 3.05) is 13.2 Å². The minimum atomic E-state index is -0.393. The Labute approximate surface area is 99.2 Å². The fourth-order valence-corrected chi connectivity index (χ4v) is 1.47. The molecule has 0 fully saturated rings. The number of pyridine rings is 1.